The van der Waals surface area contributed by atoms with Gasteiger partial charge in [0, 0.05) is 37.4 Å². The molecule has 2 aromatic carbocycles. The van der Waals surface area contributed by atoms with Crippen LogP contribution in [0.25, 0.3) is 0 Å². The number of carboxylic acids is 1. The number of benzene rings is 2. The maximum Gasteiger partial charge on any atom is 0.335 e. The lowest BCUT2D eigenvalue weighted by molar-refractivity contribution is -0.112. The third-order valence-corrected chi connectivity index (χ3v) is 3.48. The minimum atomic E-state index is -1.10. The van der Waals surface area contributed by atoms with Crippen molar-refractivity contribution in [3.63, 3.8) is 0 Å². The van der Waals surface area contributed by atoms with Gasteiger partial charge >= 0.3 is 5.97 Å². The topological polar surface area (TPSA) is 105 Å². The number of hydrogen-bond donors (Lipinski definition) is 3. The third-order valence-electron chi connectivity index (χ3n) is 3.48. The number of aromatic carboxylic acids is 1. The van der Waals surface area contributed by atoms with Gasteiger partial charge in [0.05, 0.1) is 5.56 Å². The van der Waals surface area contributed by atoms with Crippen LogP contribution in [0.4, 0.5) is 17.1 Å². The van der Waals surface area contributed by atoms with Gasteiger partial charge in [-0.15, -0.1) is 0 Å². The molecule has 0 unspecified atom stereocenters. The summed E-state index contributed by atoms with van der Waals surface area (Å²) in [5.74, 6) is -1.73. The minimum absolute atomic E-state index is 0.0453. The molecule has 0 bridgehead atoms. The summed E-state index contributed by atoms with van der Waals surface area (Å²) in [5, 5.41) is 23.6. The first-order valence-corrected chi connectivity index (χ1v) is 7.69. The zero-order valence-corrected chi connectivity index (χ0v) is 14.4. The van der Waals surface area contributed by atoms with Gasteiger partial charge in [-0.05, 0) is 36.4 Å². The monoisotopic (exact) mass is 350 g/mol. The second-order valence-corrected chi connectivity index (χ2v) is 5.60. The summed E-state index contributed by atoms with van der Waals surface area (Å²) in [7, 11) is 3.82. The Morgan fingerprint density at radius 2 is 1.81 bits per heavy atom. The number of carbonyl (C=O) groups excluding carboxylic acids is 1. The highest BCUT2D eigenvalue weighted by atomic mass is 16.4. The van der Waals surface area contributed by atoms with Gasteiger partial charge in [0.25, 0.3) is 5.91 Å². The molecule has 0 aliphatic carbocycles. The molecule has 0 fully saturated rings. The van der Waals surface area contributed by atoms with Crippen molar-refractivity contribution < 1.29 is 14.7 Å². The van der Waals surface area contributed by atoms with Crippen molar-refractivity contribution in [1.82, 2.24) is 0 Å². The van der Waals surface area contributed by atoms with Crippen LogP contribution in [0, 0.1) is 11.3 Å². The van der Waals surface area contributed by atoms with Crippen LogP contribution in [-0.2, 0) is 4.79 Å². The summed E-state index contributed by atoms with van der Waals surface area (Å²) >= 11 is 0. The largest absolute Gasteiger partial charge is 0.478 e. The quantitative estimate of drug-likeness (QED) is 0.546. The van der Waals surface area contributed by atoms with Crippen LogP contribution in [0.3, 0.4) is 0 Å². The third kappa shape index (κ3) is 4.85. The highest BCUT2D eigenvalue weighted by molar-refractivity contribution is 6.07. The molecular weight excluding hydrogens is 332 g/mol. The predicted molar refractivity (Wildman–Crippen MR) is 100 cm³/mol. The molecule has 132 valence electrons. The molecule has 0 saturated heterocycles. The number of hydrogen-bond acceptors (Lipinski definition) is 5. The molecule has 0 aliphatic heterocycles. The molecule has 3 N–H and O–H groups in total. The Balaban J connectivity index is 2.12. The van der Waals surface area contributed by atoms with E-state index in [9.17, 15) is 14.9 Å². The van der Waals surface area contributed by atoms with Crippen molar-refractivity contribution in [3.05, 3.63) is 65.9 Å². The second-order valence-electron chi connectivity index (χ2n) is 5.60. The van der Waals surface area contributed by atoms with E-state index < -0.39 is 11.9 Å². The Hall–Kier alpha value is -3.79. The number of carboxylic acid groups (broad SMARTS) is 1. The Bertz CT molecular complexity index is 898. The van der Waals surface area contributed by atoms with Crippen molar-refractivity contribution in [3.8, 4) is 6.07 Å². The highest BCUT2D eigenvalue weighted by Crippen LogP contribution is 2.18. The fourth-order valence-corrected chi connectivity index (χ4v) is 2.11. The molecule has 26 heavy (non-hydrogen) atoms. The van der Waals surface area contributed by atoms with E-state index in [1.165, 1.54) is 24.4 Å². The van der Waals surface area contributed by atoms with Crippen molar-refractivity contribution in [2.24, 2.45) is 0 Å². The molecule has 0 aliphatic rings. The average Bonchev–Trinajstić information content (AvgIpc) is 2.62. The molecule has 0 heterocycles. The lowest BCUT2D eigenvalue weighted by Gasteiger charge is -2.13. The normalized spacial score (nSPS) is 10.6. The lowest BCUT2D eigenvalue weighted by Crippen LogP contribution is -2.15. The van der Waals surface area contributed by atoms with E-state index >= 15 is 0 Å². The maximum atomic E-state index is 12.2. The van der Waals surface area contributed by atoms with Gasteiger partial charge in [-0.3, -0.25) is 4.79 Å². The molecule has 0 atom stereocenters. The van der Waals surface area contributed by atoms with E-state index in [4.69, 9.17) is 5.11 Å². The van der Waals surface area contributed by atoms with Crippen LogP contribution < -0.4 is 15.5 Å². The highest BCUT2D eigenvalue weighted by Gasteiger charge is 2.11. The SMILES string of the molecule is CN(C)c1cccc(N/C=C(/C#N)C(=O)Nc2cccc(C(=O)O)c2)c1. The van der Waals surface area contributed by atoms with Gasteiger partial charge in [-0.25, -0.2) is 4.79 Å². The summed E-state index contributed by atoms with van der Waals surface area (Å²) in [6, 6.07) is 15.1. The molecular formula is C19H18N4O3. The average molecular weight is 350 g/mol. The first-order valence-electron chi connectivity index (χ1n) is 7.69. The summed E-state index contributed by atoms with van der Waals surface area (Å²) in [4.78, 5) is 25.1. The molecule has 2 aromatic rings. The van der Waals surface area contributed by atoms with Crippen LogP contribution in [0.2, 0.25) is 0 Å². The molecule has 0 radical (unpaired) electrons. The Labute approximate surface area is 151 Å². The van der Waals surface area contributed by atoms with Gasteiger partial charge in [0.2, 0.25) is 0 Å². The van der Waals surface area contributed by atoms with Crippen molar-refractivity contribution in [2.75, 3.05) is 29.6 Å². The van der Waals surface area contributed by atoms with Crippen LogP contribution in [0.15, 0.2) is 60.3 Å². The molecule has 0 spiro atoms. The number of nitrogens with one attached hydrogen (secondary N) is 2. The maximum absolute atomic E-state index is 12.2. The number of amides is 1. The van der Waals surface area contributed by atoms with Crippen LogP contribution in [0.5, 0.6) is 0 Å². The molecule has 2 rings (SSSR count). The van der Waals surface area contributed by atoms with Crippen LogP contribution in [0.1, 0.15) is 10.4 Å². The first kappa shape index (κ1) is 18.5. The van der Waals surface area contributed by atoms with Crippen LogP contribution >= 0.6 is 0 Å². The summed E-state index contributed by atoms with van der Waals surface area (Å²) < 4.78 is 0. The van der Waals surface area contributed by atoms with Crippen LogP contribution in [-0.4, -0.2) is 31.1 Å². The van der Waals surface area contributed by atoms with E-state index in [2.05, 4.69) is 10.6 Å². The number of rotatable bonds is 6. The van der Waals surface area contributed by atoms with E-state index in [0.717, 1.165) is 11.4 Å². The van der Waals surface area contributed by atoms with Gasteiger partial charge in [-0.1, -0.05) is 12.1 Å². The van der Waals surface area contributed by atoms with Crippen molar-refractivity contribution in [1.29, 1.82) is 5.26 Å². The lowest BCUT2D eigenvalue weighted by atomic mass is 10.2. The van der Waals surface area contributed by atoms with E-state index in [-0.39, 0.29) is 11.1 Å². The van der Waals surface area contributed by atoms with E-state index in [1.54, 1.807) is 6.07 Å². The Kier molecular flexibility index (Phi) is 5.96. The summed E-state index contributed by atoms with van der Waals surface area (Å²) in [6.45, 7) is 0. The van der Waals surface area contributed by atoms with Gasteiger partial charge < -0.3 is 20.6 Å². The van der Waals surface area contributed by atoms with E-state index in [1.807, 2.05) is 49.3 Å². The number of anilines is 3. The summed E-state index contributed by atoms with van der Waals surface area (Å²) in [5.41, 5.74) is 1.90. The van der Waals surface area contributed by atoms with E-state index in [0.29, 0.717) is 5.69 Å². The van der Waals surface area contributed by atoms with Crippen molar-refractivity contribution >= 4 is 28.9 Å². The minimum Gasteiger partial charge on any atom is -0.478 e. The molecule has 0 aromatic heterocycles. The standard InChI is InChI=1S/C19H18N4O3/c1-23(2)17-8-4-6-15(10-17)21-12-14(11-20)18(24)22-16-7-3-5-13(9-16)19(25)26/h3-10,12,21H,1-2H3,(H,22,24)(H,25,26)/b14-12-. The Morgan fingerprint density at radius 3 is 2.46 bits per heavy atom. The number of carbonyl (C=O) groups is 2. The number of nitrogens with zero attached hydrogens (tertiary/aromatic N) is 2. The van der Waals surface area contributed by atoms with Gasteiger partial charge in [0.15, 0.2) is 0 Å². The fourth-order valence-electron chi connectivity index (χ4n) is 2.11. The summed E-state index contributed by atoms with van der Waals surface area (Å²) in [6.07, 6.45) is 1.31. The Morgan fingerprint density at radius 1 is 1.12 bits per heavy atom. The van der Waals surface area contributed by atoms with Crippen molar-refractivity contribution in [2.45, 2.75) is 0 Å². The zero-order chi connectivity index (χ0) is 19.1. The van der Waals surface area contributed by atoms with Gasteiger partial charge in [-0.2, -0.15) is 5.26 Å². The molecule has 7 nitrogen and oxygen atoms in total. The number of nitriles is 1. The molecule has 0 saturated carbocycles. The fraction of sp³-hybridized carbons (Fsp3) is 0.105. The second kappa shape index (κ2) is 8.35. The molecule has 1 amide bonds. The smallest absolute Gasteiger partial charge is 0.335 e. The zero-order valence-electron chi connectivity index (χ0n) is 14.4. The first-order chi connectivity index (χ1) is 12.4. The predicted octanol–water partition coefficient (Wildman–Crippen LogP) is 2.91. The molecule has 7 heteroatoms. The van der Waals surface area contributed by atoms with Gasteiger partial charge in [0.1, 0.15) is 11.6 Å².